The summed E-state index contributed by atoms with van der Waals surface area (Å²) in [7, 11) is -0.934. The maximum atomic E-state index is 12.8. The van der Waals surface area contributed by atoms with Gasteiger partial charge in [0.2, 0.25) is 5.75 Å². The monoisotopic (exact) mass is 493 g/mol. The Bertz CT molecular complexity index is 1230. The van der Waals surface area contributed by atoms with Crippen molar-refractivity contribution >= 4 is 73.3 Å². The summed E-state index contributed by atoms with van der Waals surface area (Å²) in [5.74, 6) is 1.72. The first-order chi connectivity index (χ1) is 15.5. The molecule has 4 rings (SSSR count). The maximum absolute atomic E-state index is 12.8. The molecule has 3 aromatic rings. The molecule has 0 spiro atoms. The van der Waals surface area contributed by atoms with Crippen LogP contribution in [0.15, 0.2) is 60.0 Å². The minimum absolute atomic E-state index is 0. The molecule has 1 aliphatic carbocycles. The Hall–Kier alpha value is -1.95. The Morgan fingerprint density at radius 3 is 2.24 bits per heavy atom. The summed E-state index contributed by atoms with van der Waals surface area (Å²) < 4.78 is 44.9. The van der Waals surface area contributed by atoms with Gasteiger partial charge in [-0.25, -0.2) is 13.4 Å². The average Bonchev–Trinajstić information content (AvgIpc) is 3.65. The predicted octanol–water partition coefficient (Wildman–Crippen LogP) is 3.93. The number of methoxy groups -OCH3 is 2. The summed E-state index contributed by atoms with van der Waals surface area (Å²) in [6.07, 6.45) is 3.38. The van der Waals surface area contributed by atoms with Gasteiger partial charge in [-0.1, -0.05) is 42.5 Å². The van der Waals surface area contributed by atoms with Gasteiger partial charge in [-0.2, -0.15) is 4.98 Å². The average molecular weight is 494 g/mol. The van der Waals surface area contributed by atoms with E-state index in [0.29, 0.717) is 17.3 Å². The number of nitrogens with one attached hydrogen (secondary N) is 1. The third kappa shape index (κ3) is 6.78. The minimum atomic E-state index is -3.90. The van der Waals surface area contributed by atoms with Crippen LogP contribution in [0.1, 0.15) is 30.1 Å². The zero-order chi connectivity index (χ0) is 22.6. The van der Waals surface area contributed by atoms with Crippen molar-refractivity contribution in [2.75, 3.05) is 18.9 Å². The zero-order valence-electron chi connectivity index (χ0n) is 17.7. The molecule has 1 fully saturated rings. The molecule has 8 nitrogen and oxygen atoms in total. The van der Waals surface area contributed by atoms with Crippen LogP contribution in [0.5, 0.6) is 23.1 Å². The third-order valence-corrected chi connectivity index (χ3v) is 5.72. The summed E-state index contributed by atoms with van der Waals surface area (Å²) in [5, 5.41) is 1.08. The van der Waals surface area contributed by atoms with E-state index in [-0.39, 0.29) is 74.7 Å². The van der Waals surface area contributed by atoms with Crippen LogP contribution in [0.3, 0.4) is 0 Å². The Morgan fingerprint density at radius 1 is 0.939 bits per heavy atom. The van der Waals surface area contributed by atoms with Gasteiger partial charge in [0, 0.05) is 5.92 Å². The molecule has 168 valence electrons. The van der Waals surface area contributed by atoms with Crippen LogP contribution >= 0.6 is 0 Å². The first-order valence-electron chi connectivity index (χ1n) is 10.0. The number of aromatic nitrogens is 2. The number of sulfonamides is 1. The second kappa shape index (κ2) is 11.5. The number of hydrogen-bond acceptors (Lipinski definition) is 7. The summed E-state index contributed by atoms with van der Waals surface area (Å²) >= 11 is 0. The quantitative estimate of drug-likeness (QED) is 0.451. The number of benzene rings is 2. The van der Waals surface area contributed by atoms with Crippen molar-refractivity contribution in [2.24, 2.45) is 0 Å². The van der Waals surface area contributed by atoms with Crippen LogP contribution in [0.2, 0.25) is 0 Å². The number of nitrogens with zero attached hydrogens (tertiary/aromatic N) is 2. The molecule has 1 saturated carbocycles. The molecule has 2 aromatic carbocycles. The second-order valence-electron chi connectivity index (χ2n) is 7.16. The van der Waals surface area contributed by atoms with E-state index in [2.05, 4.69) is 14.7 Å². The van der Waals surface area contributed by atoms with Crippen molar-refractivity contribution in [3.8, 4) is 23.1 Å². The summed E-state index contributed by atoms with van der Waals surface area (Å²) in [6.45, 7) is 0. The van der Waals surface area contributed by atoms with Crippen molar-refractivity contribution in [2.45, 2.75) is 18.8 Å². The van der Waals surface area contributed by atoms with Crippen molar-refractivity contribution < 1.29 is 22.6 Å². The van der Waals surface area contributed by atoms with Crippen LogP contribution < -0.4 is 18.9 Å². The molecule has 0 bridgehead atoms. The van der Waals surface area contributed by atoms with Gasteiger partial charge in [-0.05, 0) is 36.6 Å². The van der Waals surface area contributed by atoms with Gasteiger partial charge in [-0.3, -0.25) is 4.72 Å². The second-order valence-corrected chi connectivity index (χ2v) is 8.72. The molecule has 1 heterocycles. The van der Waals surface area contributed by atoms with Gasteiger partial charge in [0.15, 0.2) is 17.3 Å². The first-order valence-corrected chi connectivity index (χ1v) is 11.6. The Labute approximate surface area is 235 Å². The van der Waals surface area contributed by atoms with E-state index in [0.717, 1.165) is 23.8 Å². The van der Waals surface area contributed by atoms with Gasteiger partial charge in [0.05, 0.1) is 19.6 Å². The van der Waals surface area contributed by atoms with Crippen molar-refractivity contribution in [3.63, 3.8) is 0 Å². The predicted molar refractivity (Wildman–Crippen MR) is 129 cm³/mol. The van der Waals surface area contributed by atoms with Gasteiger partial charge in [0.25, 0.3) is 15.9 Å². The van der Waals surface area contributed by atoms with Crippen molar-refractivity contribution in [1.29, 1.82) is 0 Å². The van der Waals surface area contributed by atoms with E-state index in [4.69, 9.17) is 14.2 Å². The van der Waals surface area contributed by atoms with Gasteiger partial charge in [-0.15, -0.1) is 0 Å². The number of ether oxygens (including phenoxy) is 3. The van der Waals surface area contributed by atoms with Crippen LogP contribution in [0, 0.1) is 0 Å². The number of anilines is 1. The van der Waals surface area contributed by atoms with Crippen LogP contribution in [0.4, 0.5) is 5.82 Å². The summed E-state index contributed by atoms with van der Waals surface area (Å²) in [4.78, 5) is 8.89. The van der Waals surface area contributed by atoms with Gasteiger partial charge >= 0.3 is 51.4 Å². The van der Waals surface area contributed by atoms with E-state index < -0.39 is 10.0 Å². The van der Waals surface area contributed by atoms with Crippen molar-refractivity contribution in [1.82, 2.24) is 9.97 Å². The summed E-state index contributed by atoms with van der Waals surface area (Å²) in [6, 6.07) is 16.1. The fraction of sp³-hybridized carbons (Fsp3) is 0.217. The molecule has 1 N–H and O–H groups in total. The van der Waals surface area contributed by atoms with Gasteiger partial charge in [0.1, 0.15) is 5.82 Å². The van der Waals surface area contributed by atoms with E-state index in [1.165, 1.54) is 20.3 Å². The van der Waals surface area contributed by atoms with E-state index in [1.807, 2.05) is 18.2 Å². The molecule has 1 aliphatic rings. The van der Waals surface area contributed by atoms with E-state index >= 15 is 0 Å². The van der Waals surface area contributed by atoms with Crippen LogP contribution in [-0.2, 0) is 10.0 Å². The topological polar surface area (TPSA) is 99.6 Å². The SMILES string of the molecule is COc1ccccc1Oc1c(NS(=O)(=O)C=Cc2ccccc2)nc(C2CC2)nc1OC.[KH]. The Balaban J connectivity index is 0.00000306. The number of para-hydroxylation sites is 2. The summed E-state index contributed by atoms with van der Waals surface area (Å²) in [5.41, 5.74) is 0.752. The molecule has 1 aromatic heterocycles. The first kappa shape index (κ1) is 25.7. The third-order valence-electron chi connectivity index (χ3n) is 4.75. The fourth-order valence-corrected chi connectivity index (χ4v) is 3.80. The molecule has 0 atom stereocenters. The number of rotatable bonds is 9. The van der Waals surface area contributed by atoms with E-state index in [1.54, 1.807) is 36.4 Å². The molecule has 0 aliphatic heterocycles. The standard InChI is InChI=1S/C23H23N3O5S.K.H/c1-29-18-10-6-7-11-19(18)31-20-22(24-21(17-12-13-17)25-23(20)30-2)26-32(27,28)15-14-16-8-4-3-5-9-16;;/h3-11,14-15,17H,12-13H2,1-2H3,(H,24,25,26);;. The Morgan fingerprint density at radius 2 is 1.61 bits per heavy atom. The molecule has 0 unspecified atom stereocenters. The van der Waals surface area contributed by atoms with Gasteiger partial charge < -0.3 is 14.2 Å². The van der Waals surface area contributed by atoms with Crippen LogP contribution in [-0.4, -0.2) is 84.0 Å². The normalized spacial score (nSPS) is 13.3. The number of hydrogen-bond donors (Lipinski definition) is 1. The van der Waals surface area contributed by atoms with Crippen molar-refractivity contribution in [3.05, 3.63) is 71.4 Å². The molecular formula is C23H24KN3O5S. The molecule has 10 heteroatoms. The zero-order valence-corrected chi connectivity index (χ0v) is 18.5. The molecule has 0 saturated heterocycles. The molecular weight excluding hydrogens is 469 g/mol. The molecule has 0 radical (unpaired) electrons. The van der Waals surface area contributed by atoms with E-state index in [9.17, 15) is 8.42 Å². The Kier molecular flexibility index (Phi) is 8.91. The van der Waals surface area contributed by atoms with Crippen LogP contribution in [0.25, 0.3) is 6.08 Å². The molecule has 33 heavy (non-hydrogen) atoms. The fourth-order valence-electron chi connectivity index (χ4n) is 2.98. The molecule has 0 amide bonds.